The van der Waals surface area contributed by atoms with Crippen LogP contribution in [0.1, 0.15) is 36.5 Å². The molecule has 0 aliphatic heterocycles. The Morgan fingerprint density at radius 1 is 1.38 bits per heavy atom. The zero-order valence-corrected chi connectivity index (χ0v) is 12.5. The molecule has 1 amide bonds. The summed E-state index contributed by atoms with van der Waals surface area (Å²) in [6, 6.07) is 7.53. The van der Waals surface area contributed by atoms with E-state index in [1.165, 1.54) is 24.3 Å². The monoisotopic (exact) mass is 307 g/mol. The molecule has 2 N–H and O–H groups in total. The number of rotatable bonds is 6. The van der Waals surface area contributed by atoms with Crippen LogP contribution in [0.25, 0.3) is 0 Å². The molecule has 6 nitrogen and oxygen atoms in total. The van der Waals surface area contributed by atoms with Crippen molar-refractivity contribution in [1.29, 1.82) is 5.26 Å². The average Bonchev–Trinajstić information content (AvgIpc) is 3.22. The van der Waals surface area contributed by atoms with Crippen molar-refractivity contribution in [2.45, 2.75) is 43.2 Å². The molecule has 0 bridgehead atoms. The molecular weight excluding hydrogens is 290 g/mol. The van der Waals surface area contributed by atoms with Gasteiger partial charge in [0.25, 0.3) is 5.91 Å². The van der Waals surface area contributed by atoms with Gasteiger partial charge in [-0.05, 0) is 44.0 Å². The van der Waals surface area contributed by atoms with Crippen LogP contribution in [-0.4, -0.2) is 26.4 Å². The van der Waals surface area contributed by atoms with E-state index in [4.69, 9.17) is 5.26 Å². The number of benzene rings is 1. The molecule has 0 spiro atoms. The number of hydrogen-bond donors (Lipinski definition) is 2. The van der Waals surface area contributed by atoms with E-state index in [0.717, 1.165) is 12.8 Å². The van der Waals surface area contributed by atoms with Crippen molar-refractivity contribution in [2.24, 2.45) is 0 Å². The van der Waals surface area contributed by atoms with Gasteiger partial charge in [-0.3, -0.25) is 4.79 Å². The van der Waals surface area contributed by atoms with E-state index in [1.807, 2.05) is 6.07 Å². The molecule has 1 aliphatic carbocycles. The number of sulfonamides is 1. The zero-order valence-electron chi connectivity index (χ0n) is 11.7. The van der Waals surface area contributed by atoms with Crippen molar-refractivity contribution in [1.82, 2.24) is 10.0 Å². The summed E-state index contributed by atoms with van der Waals surface area (Å²) < 4.78 is 26.5. The van der Waals surface area contributed by atoms with Crippen LogP contribution in [0, 0.1) is 11.3 Å². The summed E-state index contributed by atoms with van der Waals surface area (Å²) in [7, 11) is -3.50. The second-order valence-electron chi connectivity index (χ2n) is 5.16. The van der Waals surface area contributed by atoms with Crippen molar-refractivity contribution in [3.05, 3.63) is 29.8 Å². The van der Waals surface area contributed by atoms with Crippen LogP contribution in [0.4, 0.5) is 0 Å². The van der Waals surface area contributed by atoms with Crippen molar-refractivity contribution >= 4 is 15.9 Å². The molecule has 1 unspecified atom stereocenters. The van der Waals surface area contributed by atoms with Gasteiger partial charge in [0.05, 0.1) is 17.4 Å². The lowest BCUT2D eigenvalue weighted by atomic mass is 10.2. The Kier molecular flexibility index (Phi) is 4.60. The van der Waals surface area contributed by atoms with Gasteiger partial charge in [-0.2, -0.15) is 5.26 Å². The van der Waals surface area contributed by atoms with Gasteiger partial charge in [0.2, 0.25) is 10.0 Å². The first-order chi connectivity index (χ1) is 9.92. The summed E-state index contributed by atoms with van der Waals surface area (Å²) in [5.74, 6) is -0.322. The fraction of sp³-hybridized carbons (Fsp3) is 0.429. The van der Waals surface area contributed by atoms with E-state index in [2.05, 4.69) is 10.0 Å². The molecule has 21 heavy (non-hydrogen) atoms. The minimum absolute atomic E-state index is 0.0461. The maximum atomic E-state index is 12.0. The molecule has 0 saturated heterocycles. The third-order valence-corrected chi connectivity index (χ3v) is 4.64. The van der Waals surface area contributed by atoms with Crippen molar-refractivity contribution in [2.75, 3.05) is 0 Å². The van der Waals surface area contributed by atoms with Crippen molar-refractivity contribution in [3.8, 4) is 6.07 Å². The molecular formula is C14H17N3O3S. The Labute approximate surface area is 124 Å². The highest BCUT2D eigenvalue weighted by atomic mass is 32.2. The Morgan fingerprint density at radius 3 is 2.52 bits per heavy atom. The Morgan fingerprint density at radius 2 is 2.00 bits per heavy atom. The summed E-state index contributed by atoms with van der Waals surface area (Å²) in [5, 5.41) is 11.2. The summed E-state index contributed by atoms with van der Waals surface area (Å²) in [5.41, 5.74) is 0.366. The van der Waals surface area contributed by atoms with Gasteiger partial charge in [-0.15, -0.1) is 0 Å². The van der Waals surface area contributed by atoms with E-state index in [0.29, 0.717) is 5.56 Å². The highest BCUT2D eigenvalue weighted by Gasteiger charge is 2.27. The minimum atomic E-state index is -3.50. The summed E-state index contributed by atoms with van der Waals surface area (Å²) >= 11 is 0. The molecule has 0 heterocycles. The fourth-order valence-electron chi connectivity index (χ4n) is 1.77. The predicted octanol–water partition coefficient (Wildman–Crippen LogP) is 1.16. The van der Waals surface area contributed by atoms with E-state index in [9.17, 15) is 13.2 Å². The molecule has 1 fully saturated rings. The number of nitrogens with one attached hydrogen (secondary N) is 2. The first kappa shape index (κ1) is 15.5. The molecule has 2 rings (SSSR count). The topological polar surface area (TPSA) is 99.1 Å². The van der Waals surface area contributed by atoms with Crippen LogP contribution in [-0.2, 0) is 10.0 Å². The number of carbonyl (C=O) groups is 1. The van der Waals surface area contributed by atoms with E-state index < -0.39 is 10.0 Å². The third kappa shape index (κ3) is 4.28. The van der Waals surface area contributed by atoms with Gasteiger partial charge in [-0.25, -0.2) is 13.1 Å². The molecule has 1 aromatic carbocycles. The lowest BCUT2D eigenvalue weighted by Crippen LogP contribution is -2.32. The Balaban J connectivity index is 2.04. The second kappa shape index (κ2) is 6.24. The molecule has 1 aliphatic rings. The highest BCUT2D eigenvalue weighted by molar-refractivity contribution is 7.89. The van der Waals surface area contributed by atoms with E-state index >= 15 is 0 Å². The van der Waals surface area contributed by atoms with Gasteiger partial charge in [0.1, 0.15) is 0 Å². The van der Waals surface area contributed by atoms with Crippen molar-refractivity contribution in [3.63, 3.8) is 0 Å². The molecule has 1 saturated carbocycles. The summed E-state index contributed by atoms with van der Waals surface area (Å²) in [4.78, 5) is 12.0. The maximum Gasteiger partial charge on any atom is 0.251 e. The van der Waals surface area contributed by atoms with Gasteiger partial charge >= 0.3 is 0 Å². The maximum absolute atomic E-state index is 12.0. The Hall–Kier alpha value is -1.91. The number of amides is 1. The number of nitriles is 1. The van der Waals surface area contributed by atoms with E-state index in [1.54, 1.807) is 6.92 Å². The van der Waals surface area contributed by atoms with E-state index in [-0.39, 0.29) is 29.3 Å². The molecule has 7 heteroatoms. The highest BCUT2D eigenvalue weighted by Crippen LogP contribution is 2.22. The molecule has 1 atom stereocenters. The predicted molar refractivity (Wildman–Crippen MR) is 76.9 cm³/mol. The number of carbonyl (C=O) groups excluding carboxylic acids is 1. The third-order valence-electron chi connectivity index (χ3n) is 3.10. The van der Waals surface area contributed by atoms with Crippen LogP contribution < -0.4 is 10.0 Å². The van der Waals surface area contributed by atoms with Gasteiger partial charge in [0.15, 0.2) is 0 Å². The van der Waals surface area contributed by atoms with Crippen LogP contribution >= 0.6 is 0 Å². The SMILES string of the molecule is CC(CC#N)NC(=O)c1ccc(S(=O)(=O)NC2CC2)cc1. The standard InChI is InChI=1S/C14H17N3O3S/c1-10(8-9-15)16-14(18)11-2-6-13(7-3-11)21(19,20)17-12-4-5-12/h2-3,6-7,10,12,17H,4-5,8H2,1H3,(H,16,18). The smallest absolute Gasteiger partial charge is 0.251 e. The lowest BCUT2D eigenvalue weighted by molar-refractivity contribution is 0.0940. The fourth-order valence-corrected chi connectivity index (χ4v) is 3.07. The average molecular weight is 307 g/mol. The summed E-state index contributed by atoms with van der Waals surface area (Å²) in [6.07, 6.45) is 1.97. The van der Waals surface area contributed by atoms with Crippen LogP contribution in [0.15, 0.2) is 29.2 Å². The normalized spacial score (nSPS) is 16.0. The summed E-state index contributed by atoms with van der Waals surface area (Å²) in [6.45, 7) is 1.74. The Bertz CT molecular complexity index is 658. The first-order valence-electron chi connectivity index (χ1n) is 6.72. The van der Waals surface area contributed by atoms with Crippen LogP contribution in [0.5, 0.6) is 0 Å². The van der Waals surface area contributed by atoms with Crippen LogP contribution in [0.2, 0.25) is 0 Å². The molecule has 112 valence electrons. The molecule has 1 aromatic rings. The van der Waals surface area contributed by atoms with Gasteiger partial charge in [0, 0.05) is 17.6 Å². The van der Waals surface area contributed by atoms with Gasteiger partial charge < -0.3 is 5.32 Å². The second-order valence-corrected chi connectivity index (χ2v) is 6.87. The minimum Gasteiger partial charge on any atom is -0.349 e. The first-order valence-corrected chi connectivity index (χ1v) is 8.21. The lowest BCUT2D eigenvalue weighted by Gasteiger charge is -2.11. The molecule has 0 radical (unpaired) electrons. The quantitative estimate of drug-likeness (QED) is 0.823. The number of hydrogen-bond acceptors (Lipinski definition) is 4. The molecule has 0 aromatic heterocycles. The largest absolute Gasteiger partial charge is 0.349 e. The van der Waals surface area contributed by atoms with Crippen LogP contribution in [0.3, 0.4) is 0 Å². The zero-order chi connectivity index (χ0) is 15.5. The number of nitrogens with zero attached hydrogens (tertiary/aromatic N) is 1. The van der Waals surface area contributed by atoms with Gasteiger partial charge in [-0.1, -0.05) is 0 Å². The van der Waals surface area contributed by atoms with Crippen molar-refractivity contribution < 1.29 is 13.2 Å².